The molecule has 0 amide bonds. The van der Waals surface area contributed by atoms with Gasteiger partial charge in [0.1, 0.15) is 19.8 Å². The highest BCUT2D eigenvalue weighted by Crippen LogP contribution is 2.43. The Bertz CT molecular complexity index is 2380. The van der Waals surface area contributed by atoms with E-state index in [1.54, 1.807) is 0 Å². The summed E-state index contributed by atoms with van der Waals surface area (Å²) in [6.07, 6.45) is 116. The number of unbranched alkanes of at least 4 members (excludes halogenated alkanes) is 19. The predicted octanol–water partition coefficient (Wildman–Crippen LogP) is 25.4. The number of likely N-dealkylation sites (N-methyl/N-ethyl adjacent to an activating group) is 1. The first-order chi connectivity index (χ1) is 47.0. The van der Waals surface area contributed by atoms with Gasteiger partial charge in [-0.25, -0.2) is 4.57 Å². The van der Waals surface area contributed by atoms with Crippen molar-refractivity contribution in [3.8, 4) is 0 Å². The first kappa shape index (κ1) is 90.6. The van der Waals surface area contributed by atoms with Gasteiger partial charge in [0.15, 0.2) is 6.10 Å². The van der Waals surface area contributed by atoms with E-state index in [0.717, 1.165) is 167 Å². The van der Waals surface area contributed by atoms with Gasteiger partial charge >= 0.3 is 19.8 Å². The summed E-state index contributed by atoms with van der Waals surface area (Å²) in [4.78, 5) is 36.0. The Labute approximate surface area is 589 Å². The number of phosphoric ester groups is 1. The molecule has 0 aliphatic carbocycles. The van der Waals surface area contributed by atoms with E-state index < -0.39 is 26.5 Å². The van der Waals surface area contributed by atoms with Crippen molar-refractivity contribution in [3.05, 3.63) is 207 Å². The van der Waals surface area contributed by atoms with Crippen LogP contribution >= 0.6 is 7.82 Å². The molecule has 0 aromatic rings. The van der Waals surface area contributed by atoms with Gasteiger partial charge in [-0.1, -0.05) is 317 Å². The van der Waals surface area contributed by atoms with Gasteiger partial charge in [-0.2, -0.15) is 0 Å². The van der Waals surface area contributed by atoms with Crippen molar-refractivity contribution in [2.24, 2.45) is 0 Å². The van der Waals surface area contributed by atoms with Crippen LogP contribution in [0.15, 0.2) is 207 Å². The number of quaternary nitrogens is 1. The van der Waals surface area contributed by atoms with Gasteiger partial charge < -0.3 is 18.9 Å². The minimum absolute atomic E-state index is 0.0193. The zero-order chi connectivity index (χ0) is 69.7. The number of allylic oxidation sites excluding steroid dienone is 34. The van der Waals surface area contributed by atoms with Gasteiger partial charge in [0.05, 0.1) is 27.7 Å². The highest BCUT2D eigenvalue weighted by atomic mass is 31.2. The maximum atomic E-state index is 12.9. The van der Waals surface area contributed by atoms with Crippen molar-refractivity contribution in [1.29, 1.82) is 0 Å². The lowest BCUT2D eigenvalue weighted by molar-refractivity contribution is -0.870. The van der Waals surface area contributed by atoms with E-state index in [1.165, 1.54) is 70.6 Å². The van der Waals surface area contributed by atoms with Crippen LogP contribution in [-0.4, -0.2) is 74.9 Å². The monoisotopic (exact) mass is 1350 g/mol. The van der Waals surface area contributed by atoms with Crippen molar-refractivity contribution in [2.45, 2.75) is 277 Å². The number of ether oxygens (including phenoxy) is 2. The predicted molar refractivity (Wildman–Crippen MR) is 417 cm³/mol. The quantitative estimate of drug-likeness (QED) is 0.0211. The summed E-state index contributed by atoms with van der Waals surface area (Å²) in [5.41, 5.74) is 0. The Hall–Kier alpha value is -5.41. The summed E-state index contributed by atoms with van der Waals surface area (Å²) in [5, 5.41) is 0. The Balaban J connectivity index is 4.12. The number of hydrogen-bond donors (Lipinski definition) is 1. The van der Waals surface area contributed by atoms with Crippen LogP contribution < -0.4 is 0 Å². The highest BCUT2D eigenvalue weighted by molar-refractivity contribution is 7.47. The van der Waals surface area contributed by atoms with E-state index >= 15 is 0 Å². The van der Waals surface area contributed by atoms with Gasteiger partial charge in [-0.05, 0) is 148 Å². The van der Waals surface area contributed by atoms with Gasteiger partial charge in [-0.15, -0.1) is 0 Å². The fourth-order valence-corrected chi connectivity index (χ4v) is 10.4. The lowest BCUT2D eigenvalue weighted by Crippen LogP contribution is -2.37. The standard InChI is InChI=1S/C86H138NO8P/c1-6-8-10-12-14-16-18-20-22-24-26-28-30-32-34-36-38-40-41-42-43-44-45-47-49-51-53-55-57-59-61-63-65-67-69-71-73-75-77-79-86(89)95-84(83-94-96(90,91)93-81-80-87(3,4)5)82-92-85(88)78-76-74-72-70-68-66-64-62-60-58-56-54-52-50-48-46-39-37-35-33-31-29-27-25-23-21-19-17-15-13-11-9-7-2/h8-11,14-17,20-23,26-29,32-35,38-40,42-43,45-47,50-53,56,58,84H,6-7,12-13,18-19,24-25,30-31,36-37,41,44,48-49,54-55,57,59-83H2,1-5H3/p+1/b10-8-,11-9-,16-14-,17-15-,22-20-,23-21-,28-26-,29-27-,34-32-,35-33-,40-38-,43-42-,46-39-,47-45-,52-50-,53-51-,58-56-. The van der Waals surface area contributed by atoms with Crippen LogP contribution in [0.4, 0.5) is 0 Å². The molecule has 0 rings (SSSR count). The van der Waals surface area contributed by atoms with Gasteiger partial charge in [0.2, 0.25) is 0 Å². The molecule has 96 heavy (non-hydrogen) atoms. The molecule has 0 aliphatic rings. The SMILES string of the molecule is CC/C=C\C/C=C\C/C=C\C/C=C\C/C=C\C/C=C\C/C=C\C/C=C\C/C=C\CCCCCCCCCCCCCC(=O)OC(COC(=O)CCCCCCCCCC/C=C\C/C=C\C/C=C\C/C=C\C/C=C\C/C=C\C/C=C\C/C=C\CC)COP(=O)(O)OCC[N+](C)(C)C. The third kappa shape index (κ3) is 77.6. The topological polar surface area (TPSA) is 108 Å². The second-order valence-electron chi connectivity index (χ2n) is 25.6. The van der Waals surface area contributed by atoms with E-state index in [0.29, 0.717) is 17.4 Å². The maximum absolute atomic E-state index is 12.9. The molecule has 0 fully saturated rings. The van der Waals surface area contributed by atoms with E-state index in [1.807, 2.05) is 21.1 Å². The zero-order valence-electron chi connectivity index (χ0n) is 61.5. The third-order valence-electron chi connectivity index (χ3n) is 15.3. The molecule has 0 aromatic carbocycles. The largest absolute Gasteiger partial charge is 0.472 e. The molecule has 0 saturated carbocycles. The lowest BCUT2D eigenvalue weighted by Gasteiger charge is -2.24. The molecule has 540 valence electrons. The summed E-state index contributed by atoms with van der Waals surface area (Å²) in [6.45, 7) is 4.18. The van der Waals surface area contributed by atoms with Crippen molar-refractivity contribution in [3.63, 3.8) is 0 Å². The Morgan fingerprint density at radius 2 is 0.562 bits per heavy atom. The number of hydrogen-bond acceptors (Lipinski definition) is 7. The van der Waals surface area contributed by atoms with E-state index in [9.17, 15) is 19.0 Å². The molecular weight excluding hydrogens is 1210 g/mol. The molecule has 0 aromatic heterocycles. The van der Waals surface area contributed by atoms with Crippen LogP contribution in [0.1, 0.15) is 271 Å². The number of nitrogens with zero attached hydrogens (tertiary/aromatic N) is 1. The molecule has 0 radical (unpaired) electrons. The minimum Gasteiger partial charge on any atom is -0.462 e. The molecule has 0 saturated heterocycles. The molecule has 0 aliphatic heterocycles. The minimum atomic E-state index is -4.41. The van der Waals surface area contributed by atoms with E-state index in [4.69, 9.17) is 18.5 Å². The van der Waals surface area contributed by atoms with Crippen molar-refractivity contribution in [1.82, 2.24) is 0 Å². The van der Waals surface area contributed by atoms with Crippen molar-refractivity contribution >= 4 is 19.8 Å². The molecule has 0 spiro atoms. The summed E-state index contributed by atoms with van der Waals surface area (Å²) in [5.74, 6) is -0.821. The highest BCUT2D eigenvalue weighted by Gasteiger charge is 2.27. The second-order valence-corrected chi connectivity index (χ2v) is 27.0. The average Bonchev–Trinajstić information content (AvgIpc) is 1.98. The number of phosphoric acid groups is 1. The Morgan fingerprint density at radius 1 is 0.323 bits per heavy atom. The molecule has 0 bridgehead atoms. The second kappa shape index (κ2) is 73.8. The van der Waals surface area contributed by atoms with E-state index in [-0.39, 0.29) is 32.0 Å². The van der Waals surface area contributed by atoms with Crippen LogP contribution in [0.25, 0.3) is 0 Å². The summed E-state index contributed by atoms with van der Waals surface area (Å²) >= 11 is 0. The first-order valence-electron chi connectivity index (χ1n) is 37.8. The van der Waals surface area contributed by atoms with Gasteiger partial charge in [-0.3, -0.25) is 18.6 Å². The van der Waals surface area contributed by atoms with Crippen molar-refractivity contribution in [2.75, 3.05) is 47.5 Å². The Kier molecular flexibility index (Phi) is 69.7. The molecule has 2 unspecified atom stereocenters. The molecule has 2 atom stereocenters. The average molecular weight is 1350 g/mol. The van der Waals surface area contributed by atoms with Crippen LogP contribution in [-0.2, 0) is 32.7 Å². The number of esters is 2. The lowest BCUT2D eigenvalue weighted by atomic mass is 10.0. The van der Waals surface area contributed by atoms with E-state index in [2.05, 4.69) is 220 Å². The molecule has 0 heterocycles. The zero-order valence-corrected chi connectivity index (χ0v) is 62.4. The number of carbonyl (C=O) groups is 2. The molecule has 9 nitrogen and oxygen atoms in total. The van der Waals surface area contributed by atoms with Crippen LogP contribution in [0.3, 0.4) is 0 Å². The maximum Gasteiger partial charge on any atom is 0.472 e. The van der Waals surface area contributed by atoms with Crippen molar-refractivity contribution < 1.29 is 42.1 Å². The number of rotatable bonds is 67. The summed E-state index contributed by atoms with van der Waals surface area (Å²) < 4.78 is 34.8. The first-order valence-corrected chi connectivity index (χ1v) is 39.3. The molecule has 10 heteroatoms. The Morgan fingerprint density at radius 3 is 0.833 bits per heavy atom. The van der Waals surface area contributed by atoms with Crippen LogP contribution in [0, 0.1) is 0 Å². The third-order valence-corrected chi connectivity index (χ3v) is 16.3. The number of carbonyl (C=O) groups excluding carboxylic acids is 2. The van der Waals surface area contributed by atoms with Crippen LogP contribution in [0.5, 0.6) is 0 Å². The van der Waals surface area contributed by atoms with Gasteiger partial charge in [0, 0.05) is 12.8 Å². The summed E-state index contributed by atoms with van der Waals surface area (Å²) in [6, 6.07) is 0. The normalized spacial score (nSPS) is 14.3. The molecular formula is C86H139NO8P+. The smallest absolute Gasteiger partial charge is 0.462 e. The fourth-order valence-electron chi connectivity index (χ4n) is 9.61. The van der Waals surface area contributed by atoms with Gasteiger partial charge in [0.25, 0.3) is 0 Å². The fraction of sp³-hybridized carbons (Fsp3) is 0.581. The van der Waals surface area contributed by atoms with Crippen LogP contribution in [0.2, 0.25) is 0 Å². The molecule has 1 N–H and O–H groups in total. The summed E-state index contributed by atoms with van der Waals surface area (Å²) in [7, 11) is 1.45.